The van der Waals surface area contributed by atoms with Crippen molar-refractivity contribution in [2.24, 2.45) is 0 Å². The largest absolute Gasteiger partial charge is 0.493 e. The molecule has 0 bridgehead atoms. The fraction of sp³-hybridized carbons (Fsp3) is 0.474. The van der Waals surface area contributed by atoms with Crippen molar-refractivity contribution in [3.8, 4) is 17.2 Å². The topological polar surface area (TPSA) is 62.6 Å². The maximum absolute atomic E-state index is 13.0. The zero-order chi connectivity index (χ0) is 18.6. The van der Waals surface area contributed by atoms with E-state index in [2.05, 4.69) is 12.0 Å². The molecule has 0 saturated carbocycles. The highest BCUT2D eigenvalue weighted by Gasteiger charge is 2.21. The third kappa shape index (κ3) is 3.62. The third-order valence-electron chi connectivity index (χ3n) is 4.33. The fourth-order valence-corrected chi connectivity index (χ4v) is 2.91. The van der Waals surface area contributed by atoms with Gasteiger partial charge in [0, 0.05) is 11.3 Å². The molecular formula is C19H26N2O4. The van der Waals surface area contributed by atoms with Crippen molar-refractivity contribution >= 4 is 5.91 Å². The number of rotatable bonds is 7. The Bertz CT molecular complexity index is 740. The third-order valence-corrected chi connectivity index (χ3v) is 4.33. The van der Waals surface area contributed by atoms with Gasteiger partial charge in [-0.15, -0.1) is 0 Å². The second kappa shape index (κ2) is 8.05. The summed E-state index contributed by atoms with van der Waals surface area (Å²) in [4.78, 5) is 13.0. The maximum atomic E-state index is 13.0. The number of nitrogens with zero attached hydrogens (tertiary/aromatic N) is 2. The van der Waals surface area contributed by atoms with Gasteiger partial charge < -0.3 is 14.2 Å². The summed E-state index contributed by atoms with van der Waals surface area (Å²) in [6, 6.07) is 3.29. The highest BCUT2D eigenvalue weighted by atomic mass is 16.5. The van der Waals surface area contributed by atoms with Gasteiger partial charge in [0.25, 0.3) is 5.91 Å². The number of carbonyl (C=O) groups is 1. The van der Waals surface area contributed by atoms with Gasteiger partial charge in [0.05, 0.1) is 27.0 Å². The molecule has 0 aliphatic heterocycles. The Labute approximate surface area is 148 Å². The lowest BCUT2D eigenvalue weighted by Crippen LogP contribution is -2.16. The minimum atomic E-state index is -0.220. The molecular weight excluding hydrogens is 320 g/mol. The lowest BCUT2D eigenvalue weighted by atomic mass is 10.1. The molecule has 0 aliphatic carbocycles. The summed E-state index contributed by atoms with van der Waals surface area (Å²) < 4.78 is 17.4. The van der Waals surface area contributed by atoms with Gasteiger partial charge in [0.2, 0.25) is 5.75 Å². The van der Waals surface area contributed by atoms with Crippen molar-refractivity contribution in [3.63, 3.8) is 0 Å². The predicted molar refractivity (Wildman–Crippen MR) is 96.1 cm³/mol. The van der Waals surface area contributed by atoms with Crippen molar-refractivity contribution in [1.29, 1.82) is 0 Å². The molecule has 25 heavy (non-hydrogen) atoms. The number of benzene rings is 1. The first kappa shape index (κ1) is 18.8. The lowest BCUT2D eigenvalue weighted by molar-refractivity contribution is 0.0941. The molecule has 1 aromatic carbocycles. The zero-order valence-electron chi connectivity index (χ0n) is 15.8. The van der Waals surface area contributed by atoms with Crippen LogP contribution >= 0.6 is 0 Å². The van der Waals surface area contributed by atoms with Crippen LogP contribution in [0.4, 0.5) is 0 Å². The Morgan fingerprint density at radius 3 is 2.16 bits per heavy atom. The Balaban J connectivity index is 2.48. The van der Waals surface area contributed by atoms with Crippen LogP contribution in [0.2, 0.25) is 0 Å². The van der Waals surface area contributed by atoms with E-state index in [0.29, 0.717) is 22.8 Å². The van der Waals surface area contributed by atoms with Crippen LogP contribution in [0, 0.1) is 13.8 Å². The van der Waals surface area contributed by atoms with Crippen LogP contribution in [0.15, 0.2) is 12.1 Å². The van der Waals surface area contributed by atoms with Gasteiger partial charge in [-0.3, -0.25) is 4.79 Å². The summed E-state index contributed by atoms with van der Waals surface area (Å²) in [7, 11) is 4.58. The van der Waals surface area contributed by atoms with Crippen molar-refractivity contribution in [1.82, 2.24) is 9.78 Å². The molecule has 2 rings (SSSR count). The summed E-state index contributed by atoms with van der Waals surface area (Å²) in [5.41, 5.74) is 3.35. The van der Waals surface area contributed by atoms with Crippen molar-refractivity contribution in [3.05, 3.63) is 34.6 Å². The average molecular weight is 346 g/mol. The van der Waals surface area contributed by atoms with E-state index in [-0.39, 0.29) is 5.91 Å². The van der Waals surface area contributed by atoms with Crippen LogP contribution in [-0.4, -0.2) is 37.0 Å². The second-order valence-electron chi connectivity index (χ2n) is 5.88. The zero-order valence-corrected chi connectivity index (χ0v) is 15.8. The fourth-order valence-electron chi connectivity index (χ4n) is 2.91. The van der Waals surface area contributed by atoms with Crippen LogP contribution in [0.5, 0.6) is 17.2 Å². The molecule has 0 spiro atoms. The van der Waals surface area contributed by atoms with Gasteiger partial charge in [-0.2, -0.15) is 5.10 Å². The van der Waals surface area contributed by atoms with Crippen LogP contribution in [0.25, 0.3) is 0 Å². The Hall–Kier alpha value is -2.50. The highest BCUT2D eigenvalue weighted by Crippen LogP contribution is 2.38. The van der Waals surface area contributed by atoms with E-state index in [4.69, 9.17) is 14.2 Å². The highest BCUT2D eigenvalue weighted by molar-refractivity contribution is 5.97. The second-order valence-corrected chi connectivity index (χ2v) is 5.88. The first-order valence-corrected chi connectivity index (χ1v) is 8.38. The number of hydrogen-bond acceptors (Lipinski definition) is 5. The molecule has 6 heteroatoms. The van der Waals surface area contributed by atoms with E-state index in [0.717, 1.165) is 36.2 Å². The van der Waals surface area contributed by atoms with Crippen LogP contribution < -0.4 is 14.2 Å². The molecule has 0 amide bonds. The molecule has 1 aromatic heterocycles. The van der Waals surface area contributed by atoms with Crippen molar-refractivity contribution in [2.75, 3.05) is 21.3 Å². The number of unbranched alkanes of at least 4 members (excludes halogenated alkanes) is 1. The maximum Gasteiger partial charge on any atom is 0.278 e. The molecule has 0 saturated heterocycles. The summed E-state index contributed by atoms with van der Waals surface area (Å²) >= 11 is 0. The normalized spacial score (nSPS) is 10.6. The molecule has 0 unspecified atom stereocenters. The van der Waals surface area contributed by atoms with E-state index >= 15 is 0 Å². The van der Waals surface area contributed by atoms with E-state index in [1.165, 1.54) is 26.0 Å². The van der Waals surface area contributed by atoms with Crippen LogP contribution in [-0.2, 0) is 6.42 Å². The minimum absolute atomic E-state index is 0.220. The molecule has 0 fully saturated rings. The smallest absolute Gasteiger partial charge is 0.278 e. The molecule has 136 valence electrons. The summed E-state index contributed by atoms with van der Waals surface area (Å²) in [6.45, 7) is 6.02. The molecule has 0 N–H and O–H groups in total. The minimum Gasteiger partial charge on any atom is -0.493 e. The molecule has 2 aromatic rings. The van der Waals surface area contributed by atoms with E-state index in [9.17, 15) is 4.79 Å². The van der Waals surface area contributed by atoms with E-state index in [1.54, 1.807) is 12.1 Å². The van der Waals surface area contributed by atoms with Crippen molar-refractivity contribution < 1.29 is 19.0 Å². The number of hydrogen-bond donors (Lipinski definition) is 0. The quantitative estimate of drug-likeness (QED) is 0.767. The number of aryl methyl sites for hydroxylation is 1. The predicted octanol–water partition coefficient (Wildman–Crippen LogP) is 3.56. The standard InChI is InChI=1S/C19H26N2O4/c1-7-8-9-15-12(2)20-21(13(15)3)19(22)14-10-16(23-4)18(25-6)17(11-14)24-5/h10-11H,7-9H2,1-6H3. The first-order chi connectivity index (χ1) is 12.0. The number of aromatic nitrogens is 2. The molecule has 0 aliphatic rings. The summed E-state index contributed by atoms with van der Waals surface area (Å²) in [5.74, 6) is 1.12. The van der Waals surface area contributed by atoms with Crippen molar-refractivity contribution in [2.45, 2.75) is 40.0 Å². The van der Waals surface area contributed by atoms with E-state index < -0.39 is 0 Å². The molecule has 0 atom stereocenters. The average Bonchev–Trinajstić information content (AvgIpc) is 2.91. The number of carbonyl (C=O) groups excluding carboxylic acids is 1. The first-order valence-electron chi connectivity index (χ1n) is 8.38. The van der Waals surface area contributed by atoms with Crippen LogP contribution in [0.3, 0.4) is 0 Å². The molecule has 1 heterocycles. The summed E-state index contributed by atoms with van der Waals surface area (Å²) in [5, 5.41) is 4.45. The number of methoxy groups -OCH3 is 3. The van der Waals surface area contributed by atoms with Crippen LogP contribution in [0.1, 0.15) is 47.1 Å². The Kier molecular flexibility index (Phi) is 6.07. The SMILES string of the molecule is CCCCc1c(C)nn(C(=O)c2cc(OC)c(OC)c(OC)c2)c1C. The van der Waals surface area contributed by atoms with Gasteiger partial charge in [0.1, 0.15) is 0 Å². The Morgan fingerprint density at radius 1 is 1.08 bits per heavy atom. The monoisotopic (exact) mass is 346 g/mol. The van der Waals surface area contributed by atoms with Gasteiger partial charge in [0.15, 0.2) is 11.5 Å². The molecule has 0 radical (unpaired) electrons. The van der Waals surface area contributed by atoms with Gasteiger partial charge in [-0.25, -0.2) is 4.68 Å². The summed E-state index contributed by atoms with van der Waals surface area (Å²) in [6.07, 6.45) is 3.10. The molecule has 6 nitrogen and oxygen atoms in total. The van der Waals surface area contributed by atoms with Gasteiger partial charge in [-0.05, 0) is 44.4 Å². The van der Waals surface area contributed by atoms with E-state index in [1.807, 2.05) is 13.8 Å². The van der Waals surface area contributed by atoms with Gasteiger partial charge >= 0.3 is 0 Å². The number of ether oxygens (including phenoxy) is 3. The lowest BCUT2D eigenvalue weighted by Gasteiger charge is -2.14. The van der Waals surface area contributed by atoms with Gasteiger partial charge in [-0.1, -0.05) is 13.3 Å². The Morgan fingerprint density at radius 2 is 1.68 bits per heavy atom.